The van der Waals surface area contributed by atoms with E-state index in [0.717, 1.165) is 16.4 Å². The number of aromatic carboxylic acids is 1. The summed E-state index contributed by atoms with van der Waals surface area (Å²) in [6, 6.07) is 7.77. The number of carbonyl (C=O) groups is 1. The van der Waals surface area contributed by atoms with E-state index in [4.69, 9.17) is 9.52 Å². The Morgan fingerprint density at radius 2 is 1.95 bits per heavy atom. The number of nitrogens with zero attached hydrogens (tertiary/aromatic N) is 1. The number of hydrogen-bond donors (Lipinski definition) is 2. The van der Waals surface area contributed by atoms with Gasteiger partial charge in [0, 0.05) is 13.1 Å². The average Bonchev–Trinajstić information content (AvgIpc) is 2.88. The van der Waals surface area contributed by atoms with Gasteiger partial charge < -0.3 is 14.6 Å². The van der Waals surface area contributed by atoms with Crippen LogP contribution in [0, 0.1) is 0 Å². The summed E-state index contributed by atoms with van der Waals surface area (Å²) < 4.78 is 30.2. The highest BCUT2D eigenvalue weighted by atomic mass is 32.2. The average molecular weight is 297 g/mol. The number of carboxylic acids is 1. The van der Waals surface area contributed by atoms with Gasteiger partial charge in [0.1, 0.15) is 5.75 Å². The number of rotatable bonds is 4. The molecule has 2 N–H and O–H groups in total. The van der Waals surface area contributed by atoms with Gasteiger partial charge in [0.25, 0.3) is 10.0 Å². The lowest BCUT2D eigenvalue weighted by Gasteiger charge is -2.17. The van der Waals surface area contributed by atoms with Gasteiger partial charge in [-0.2, -0.15) is 8.42 Å². The molecule has 7 nitrogen and oxygen atoms in total. The summed E-state index contributed by atoms with van der Waals surface area (Å²) >= 11 is 0. The minimum atomic E-state index is -4.03. The van der Waals surface area contributed by atoms with Crippen molar-refractivity contribution in [3.8, 4) is 5.75 Å². The van der Waals surface area contributed by atoms with Gasteiger partial charge in [-0.1, -0.05) is 6.07 Å². The fourth-order valence-electron chi connectivity index (χ4n) is 1.54. The number of aromatic hydroxyl groups is 1. The number of anilines is 1. The Morgan fingerprint density at radius 3 is 2.50 bits per heavy atom. The van der Waals surface area contributed by atoms with Crippen LogP contribution in [0.25, 0.3) is 0 Å². The van der Waals surface area contributed by atoms with E-state index in [1.165, 1.54) is 31.3 Å². The highest BCUT2D eigenvalue weighted by molar-refractivity contribution is 7.92. The van der Waals surface area contributed by atoms with Gasteiger partial charge in [-0.15, -0.1) is 0 Å². The van der Waals surface area contributed by atoms with Crippen molar-refractivity contribution in [2.75, 3.05) is 11.4 Å². The molecule has 20 heavy (non-hydrogen) atoms. The first kappa shape index (κ1) is 13.9. The van der Waals surface area contributed by atoms with Crippen molar-refractivity contribution in [1.29, 1.82) is 0 Å². The molecule has 8 heteroatoms. The summed E-state index contributed by atoms with van der Waals surface area (Å²) in [5.74, 6) is -1.91. The van der Waals surface area contributed by atoms with Gasteiger partial charge in [0.2, 0.25) is 10.9 Å². The molecule has 1 aromatic heterocycles. The normalized spacial score (nSPS) is 11.2. The summed E-state index contributed by atoms with van der Waals surface area (Å²) in [4.78, 5) is 10.7. The van der Waals surface area contributed by atoms with Crippen LogP contribution in [0.5, 0.6) is 5.75 Å². The van der Waals surface area contributed by atoms with Crippen molar-refractivity contribution in [2.24, 2.45) is 0 Å². The summed E-state index contributed by atoms with van der Waals surface area (Å²) in [6.45, 7) is 0. The standard InChI is InChI=1S/C12H11NO6S/c1-13(8-3-2-4-9(14)7-8)20(17,18)11-6-5-10(19-11)12(15)16/h2-7,14H,1H3,(H,15,16). The summed E-state index contributed by atoms with van der Waals surface area (Å²) in [5.41, 5.74) is 0.221. The Balaban J connectivity index is 2.41. The van der Waals surface area contributed by atoms with Crippen LogP contribution in [0.4, 0.5) is 5.69 Å². The number of phenolic OH excluding ortho intramolecular Hbond substituents is 1. The van der Waals surface area contributed by atoms with Crippen molar-refractivity contribution in [3.05, 3.63) is 42.2 Å². The summed E-state index contributed by atoms with van der Waals surface area (Å²) in [7, 11) is -2.76. The Hall–Kier alpha value is -2.48. The smallest absolute Gasteiger partial charge is 0.371 e. The van der Waals surface area contributed by atoms with Crippen LogP contribution < -0.4 is 4.31 Å². The van der Waals surface area contributed by atoms with E-state index in [-0.39, 0.29) is 11.4 Å². The Labute approximate surface area is 114 Å². The fraction of sp³-hybridized carbons (Fsp3) is 0.0833. The molecule has 0 amide bonds. The van der Waals surface area contributed by atoms with Crippen molar-refractivity contribution in [2.45, 2.75) is 5.09 Å². The molecular formula is C12H11NO6S. The molecule has 0 aliphatic carbocycles. The van der Waals surface area contributed by atoms with E-state index in [0.29, 0.717) is 0 Å². The van der Waals surface area contributed by atoms with Gasteiger partial charge in [-0.3, -0.25) is 4.31 Å². The van der Waals surface area contributed by atoms with Crippen LogP contribution in [0.2, 0.25) is 0 Å². The summed E-state index contributed by atoms with van der Waals surface area (Å²) in [6.07, 6.45) is 0. The predicted octanol–water partition coefficient (Wildman–Crippen LogP) is 1.51. The third-order valence-electron chi connectivity index (χ3n) is 2.60. The van der Waals surface area contributed by atoms with Gasteiger partial charge in [-0.25, -0.2) is 4.79 Å². The highest BCUT2D eigenvalue weighted by Gasteiger charge is 2.26. The lowest BCUT2D eigenvalue weighted by Crippen LogP contribution is -2.26. The first-order valence-electron chi connectivity index (χ1n) is 5.43. The van der Waals surface area contributed by atoms with Crippen LogP contribution in [0.15, 0.2) is 45.9 Å². The molecule has 0 spiro atoms. The maximum Gasteiger partial charge on any atom is 0.371 e. The van der Waals surface area contributed by atoms with Crippen LogP contribution >= 0.6 is 0 Å². The van der Waals surface area contributed by atoms with Crippen molar-refractivity contribution in [1.82, 2.24) is 0 Å². The molecule has 0 atom stereocenters. The lowest BCUT2D eigenvalue weighted by atomic mass is 10.3. The second-order valence-electron chi connectivity index (χ2n) is 3.92. The number of phenols is 1. The predicted molar refractivity (Wildman–Crippen MR) is 69.4 cm³/mol. The van der Waals surface area contributed by atoms with Crippen molar-refractivity contribution in [3.63, 3.8) is 0 Å². The molecule has 0 fully saturated rings. The molecule has 0 aliphatic rings. The fourth-order valence-corrected chi connectivity index (χ4v) is 2.63. The Bertz CT molecular complexity index is 749. The van der Waals surface area contributed by atoms with E-state index in [1.807, 2.05) is 0 Å². The monoisotopic (exact) mass is 297 g/mol. The van der Waals surface area contributed by atoms with Gasteiger partial charge >= 0.3 is 5.97 Å². The minimum Gasteiger partial charge on any atom is -0.508 e. The first-order valence-corrected chi connectivity index (χ1v) is 6.87. The zero-order valence-corrected chi connectivity index (χ0v) is 11.2. The van der Waals surface area contributed by atoms with E-state index in [9.17, 15) is 18.3 Å². The van der Waals surface area contributed by atoms with E-state index in [2.05, 4.69) is 0 Å². The van der Waals surface area contributed by atoms with Gasteiger partial charge in [0.05, 0.1) is 5.69 Å². The maximum absolute atomic E-state index is 12.2. The molecule has 1 heterocycles. The SMILES string of the molecule is CN(c1cccc(O)c1)S(=O)(=O)c1ccc(C(=O)O)o1. The zero-order chi connectivity index (χ0) is 14.9. The maximum atomic E-state index is 12.2. The van der Waals surface area contributed by atoms with E-state index in [1.54, 1.807) is 0 Å². The zero-order valence-electron chi connectivity index (χ0n) is 10.3. The first-order chi connectivity index (χ1) is 9.32. The molecule has 0 bridgehead atoms. The quantitative estimate of drug-likeness (QED) is 0.885. The number of furan rings is 1. The third-order valence-corrected chi connectivity index (χ3v) is 4.26. The lowest BCUT2D eigenvalue weighted by molar-refractivity contribution is 0.0656. The minimum absolute atomic E-state index is 0.0878. The molecule has 0 saturated heterocycles. The van der Waals surface area contributed by atoms with Crippen molar-refractivity contribution >= 4 is 21.7 Å². The molecule has 1 aromatic carbocycles. The number of carboxylic acid groups (broad SMARTS) is 1. The molecule has 2 aromatic rings. The number of sulfonamides is 1. The summed E-state index contributed by atoms with van der Waals surface area (Å²) in [5, 5.41) is 17.6. The Kier molecular flexibility index (Phi) is 3.41. The van der Waals surface area contributed by atoms with E-state index < -0.39 is 26.8 Å². The Morgan fingerprint density at radius 1 is 1.25 bits per heavy atom. The van der Waals surface area contributed by atoms with Gasteiger partial charge in [0.15, 0.2) is 0 Å². The highest BCUT2D eigenvalue weighted by Crippen LogP contribution is 2.25. The topological polar surface area (TPSA) is 108 Å². The van der Waals surface area contributed by atoms with Crippen LogP contribution in [0.3, 0.4) is 0 Å². The molecule has 0 aliphatic heterocycles. The van der Waals surface area contributed by atoms with Crippen LogP contribution in [0.1, 0.15) is 10.6 Å². The van der Waals surface area contributed by atoms with Gasteiger partial charge in [-0.05, 0) is 24.3 Å². The molecule has 106 valence electrons. The largest absolute Gasteiger partial charge is 0.508 e. The van der Waals surface area contributed by atoms with Crippen LogP contribution in [-0.4, -0.2) is 31.6 Å². The van der Waals surface area contributed by atoms with Crippen molar-refractivity contribution < 1.29 is 27.8 Å². The second-order valence-corrected chi connectivity index (χ2v) is 5.82. The van der Waals surface area contributed by atoms with E-state index >= 15 is 0 Å². The number of benzene rings is 1. The third kappa shape index (κ3) is 2.45. The molecule has 0 radical (unpaired) electrons. The molecule has 2 rings (SSSR count). The number of hydrogen-bond acceptors (Lipinski definition) is 5. The molecule has 0 saturated carbocycles. The molecule has 0 unspecified atom stereocenters. The van der Waals surface area contributed by atoms with Crippen LogP contribution in [-0.2, 0) is 10.0 Å². The second kappa shape index (κ2) is 4.89. The molecular weight excluding hydrogens is 286 g/mol.